The minimum Gasteiger partial charge on any atom is -0.0954 e. The van der Waals surface area contributed by atoms with Crippen LogP contribution in [0.25, 0.3) is 16.7 Å². The van der Waals surface area contributed by atoms with E-state index in [0.29, 0.717) is 0 Å². The summed E-state index contributed by atoms with van der Waals surface area (Å²) in [6.07, 6.45) is 0. The van der Waals surface area contributed by atoms with Crippen LogP contribution in [-0.2, 0) is 0 Å². The van der Waals surface area contributed by atoms with Crippen LogP contribution in [0.3, 0.4) is 0 Å². The summed E-state index contributed by atoms with van der Waals surface area (Å²) in [4.78, 5) is 0. The largest absolute Gasteiger partial charge is 0.0954 e. The fourth-order valence-electron chi connectivity index (χ4n) is 1.79. The van der Waals surface area contributed by atoms with E-state index < -0.39 is 0 Å². The van der Waals surface area contributed by atoms with Crippen molar-refractivity contribution in [3.05, 3.63) is 59.3 Å². The first-order chi connectivity index (χ1) is 8.49. The molecule has 0 nitrogen and oxygen atoms in total. The predicted octanol–water partition coefficient (Wildman–Crippen LogP) is 6.20. The van der Waals surface area contributed by atoms with Gasteiger partial charge in [-0.2, -0.15) is 0 Å². The normalized spacial score (nSPS) is 10.4. The maximum Gasteiger partial charge on any atom is 0.0222 e. The standard InChI is InChI=1S/C15H11I3/c1-9(2)15-13(17)7-11(8-14(15)18)10-3-5-12(16)6-4-10/h3-8H,1H2,2H3. The number of halogens is 3. The zero-order valence-corrected chi connectivity index (χ0v) is 16.3. The van der Waals surface area contributed by atoms with E-state index in [4.69, 9.17) is 0 Å². The first kappa shape index (κ1) is 14.8. The average molecular weight is 572 g/mol. The molecule has 0 aromatic heterocycles. The molecule has 0 N–H and O–H groups in total. The van der Waals surface area contributed by atoms with Crippen molar-refractivity contribution in [2.45, 2.75) is 6.92 Å². The number of hydrogen-bond acceptors (Lipinski definition) is 0. The SMILES string of the molecule is C=C(C)c1c(I)cc(-c2ccc(I)cc2)cc1I. The van der Waals surface area contributed by atoms with E-state index in [9.17, 15) is 0 Å². The molecule has 18 heavy (non-hydrogen) atoms. The first-order valence-corrected chi connectivity index (χ1v) is 8.63. The molecule has 92 valence electrons. The molecule has 2 aromatic carbocycles. The smallest absolute Gasteiger partial charge is 0.0222 e. The quantitative estimate of drug-likeness (QED) is 0.377. The molecule has 0 radical (unpaired) electrons. The summed E-state index contributed by atoms with van der Waals surface area (Å²) >= 11 is 7.12. The molecule has 0 spiro atoms. The Kier molecular flexibility index (Phi) is 5.10. The lowest BCUT2D eigenvalue weighted by Gasteiger charge is -2.10. The Balaban J connectivity index is 2.54. The Morgan fingerprint density at radius 2 is 1.39 bits per heavy atom. The highest BCUT2D eigenvalue weighted by Gasteiger charge is 2.09. The lowest BCUT2D eigenvalue weighted by atomic mass is 10.0. The highest BCUT2D eigenvalue weighted by Crippen LogP contribution is 2.31. The minimum absolute atomic E-state index is 1.12. The average Bonchev–Trinajstić information content (AvgIpc) is 2.28. The van der Waals surface area contributed by atoms with Crippen LogP contribution in [0.15, 0.2) is 43.0 Å². The Bertz CT molecular complexity index is 575. The van der Waals surface area contributed by atoms with E-state index in [2.05, 4.69) is 118 Å². The van der Waals surface area contributed by atoms with Gasteiger partial charge in [-0.3, -0.25) is 0 Å². The number of allylic oxidation sites excluding steroid dienone is 1. The molecular formula is C15H11I3. The lowest BCUT2D eigenvalue weighted by Crippen LogP contribution is -1.92. The van der Waals surface area contributed by atoms with Gasteiger partial charge in [-0.1, -0.05) is 18.7 Å². The van der Waals surface area contributed by atoms with Gasteiger partial charge < -0.3 is 0 Å². The Morgan fingerprint density at radius 3 is 1.83 bits per heavy atom. The molecule has 0 unspecified atom stereocenters. The van der Waals surface area contributed by atoms with Crippen molar-refractivity contribution >= 4 is 73.3 Å². The van der Waals surface area contributed by atoms with E-state index in [1.807, 2.05) is 0 Å². The summed E-state index contributed by atoms with van der Waals surface area (Å²) in [6.45, 7) is 6.11. The van der Waals surface area contributed by atoms with Crippen LogP contribution < -0.4 is 0 Å². The third-order valence-electron chi connectivity index (χ3n) is 2.65. The molecular weight excluding hydrogens is 561 g/mol. The molecule has 0 heterocycles. The molecule has 0 amide bonds. The second kappa shape index (κ2) is 6.21. The van der Waals surface area contributed by atoms with Crippen LogP contribution in [0, 0.1) is 10.7 Å². The second-order valence-electron chi connectivity index (χ2n) is 4.10. The van der Waals surface area contributed by atoms with Gasteiger partial charge in [0.05, 0.1) is 0 Å². The van der Waals surface area contributed by atoms with Gasteiger partial charge in [0.2, 0.25) is 0 Å². The van der Waals surface area contributed by atoms with E-state index in [0.717, 1.165) is 5.57 Å². The summed E-state index contributed by atoms with van der Waals surface area (Å²) in [5.74, 6) is 0. The second-order valence-corrected chi connectivity index (χ2v) is 7.67. The number of hydrogen-bond donors (Lipinski definition) is 0. The molecule has 0 aliphatic carbocycles. The monoisotopic (exact) mass is 572 g/mol. The molecule has 3 heteroatoms. The van der Waals surface area contributed by atoms with Crippen molar-refractivity contribution in [2.75, 3.05) is 0 Å². The van der Waals surface area contributed by atoms with Crippen LogP contribution in [0.1, 0.15) is 12.5 Å². The van der Waals surface area contributed by atoms with Crippen molar-refractivity contribution in [2.24, 2.45) is 0 Å². The summed E-state index contributed by atoms with van der Waals surface area (Å²) in [5.41, 5.74) is 4.92. The lowest BCUT2D eigenvalue weighted by molar-refractivity contribution is 1.47. The van der Waals surface area contributed by atoms with Crippen LogP contribution in [0.5, 0.6) is 0 Å². The van der Waals surface area contributed by atoms with E-state index in [1.165, 1.54) is 27.4 Å². The van der Waals surface area contributed by atoms with Crippen molar-refractivity contribution in [3.63, 3.8) is 0 Å². The molecule has 2 aromatic rings. The fraction of sp³-hybridized carbons (Fsp3) is 0.0667. The third-order valence-corrected chi connectivity index (χ3v) is 5.07. The molecule has 0 bridgehead atoms. The van der Waals surface area contributed by atoms with Gasteiger partial charge in [0, 0.05) is 16.3 Å². The van der Waals surface area contributed by atoms with Crippen LogP contribution in [0.4, 0.5) is 0 Å². The van der Waals surface area contributed by atoms with Gasteiger partial charge in [-0.25, -0.2) is 0 Å². The van der Waals surface area contributed by atoms with Crippen LogP contribution in [0.2, 0.25) is 0 Å². The van der Waals surface area contributed by atoms with Crippen molar-refractivity contribution in [1.82, 2.24) is 0 Å². The zero-order valence-electron chi connectivity index (χ0n) is 9.81. The zero-order chi connectivity index (χ0) is 13.3. The molecule has 0 saturated carbocycles. The topological polar surface area (TPSA) is 0 Å². The van der Waals surface area contributed by atoms with Crippen LogP contribution in [-0.4, -0.2) is 0 Å². The number of benzene rings is 2. The van der Waals surface area contributed by atoms with Crippen molar-refractivity contribution in [3.8, 4) is 11.1 Å². The van der Waals surface area contributed by atoms with Gasteiger partial charge in [-0.15, -0.1) is 0 Å². The van der Waals surface area contributed by atoms with Gasteiger partial charge in [-0.05, 0) is 116 Å². The summed E-state index contributed by atoms with van der Waals surface area (Å²) < 4.78 is 3.79. The molecule has 0 aliphatic heterocycles. The summed E-state index contributed by atoms with van der Waals surface area (Å²) in [7, 11) is 0. The van der Waals surface area contributed by atoms with Gasteiger partial charge in [0.15, 0.2) is 0 Å². The maximum atomic E-state index is 4.05. The molecule has 0 aliphatic rings. The maximum absolute atomic E-state index is 4.05. The van der Waals surface area contributed by atoms with E-state index >= 15 is 0 Å². The Hall–Kier alpha value is 0.370. The van der Waals surface area contributed by atoms with E-state index in [1.54, 1.807) is 0 Å². The molecule has 2 rings (SSSR count). The molecule has 0 saturated heterocycles. The molecule has 0 atom stereocenters. The number of rotatable bonds is 2. The Morgan fingerprint density at radius 1 is 0.889 bits per heavy atom. The first-order valence-electron chi connectivity index (χ1n) is 5.40. The van der Waals surface area contributed by atoms with Gasteiger partial charge >= 0.3 is 0 Å². The van der Waals surface area contributed by atoms with Gasteiger partial charge in [0.25, 0.3) is 0 Å². The fourth-order valence-corrected chi connectivity index (χ4v) is 4.84. The van der Waals surface area contributed by atoms with E-state index in [-0.39, 0.29) is 0 Å². The summed E-state index contributed by atoms with van der Waals surface area (Å²) in [5, 5.41) is 0. The highest BCUT2D eigenvalue weighted by atomic mass is 127. The predicted molar refractivity (Wildman–Crippen MR) is 105 cm³/mol. The summed E-state index contributed by atoms with van der Waals surface area (Å²) in [6, 6.07) is 13.1. The Labute approximate surface area is 149 Å². The molecule has 0 fully saturated rings. The third kappa shape index (κ3) is 3.27. The van der Waals surface area contributed by atoms with Crippen molar-refractivity contribution in [1.29, 1.82) is 0 Å². The van der Waals surface area contributed by atoms with Crippen LogP contribution >= 0.6 is 67.8 Å². The van der Waals surface area contributed by atoms with Crippen molar-refractivity contribution < 1.29 is 0 Å². The minimum atomic E-state index is 1.12. The highest BCUT2D eigenvalue weighted by molar-refractivity contribution is 14.1. The van der Waals surface area contributed by atoms with Gasteiger partial charge in [0.1, 0.15) is 0 Å².